The number of amides is 1. The molecule has 116 valence electrons. The topological polar surface area (TPSA) is 52.6 Å². The zero-order chi connectivity index (χ0) is 15.1. The molecule has 1 aromatic rings. The molecule has 1 aromatic carbocycles. The van der Waals surface area contributed by atoms with Crippen molar-refractivity contribution in [3.05, 3.63) is 29.3 Å². The lowest BCUT2D eigenvalue weighted by Gasteiger charge is -2.22. The van der Waals surface area contributed by atoms with Gasteiger partial charge in [0, 0.05) is 30.9 Å². The molecule has 4 heteroatoms. The van der Waals surface area contributed by atoms with Crippen molar-refractivity contribution in [3.63, 3.8) is 0 Å². The van der Waals surface area contributed by atoms with Gasteiger partial charge in [-0.3, -0.25) is 4.79 Å². The van der Waals surface area contributed by atoms with Gasteiger partial charge in [-0.2, -0.15) is 0 Å². The van der Waals surface area contributed by atoms with Crippen molar-refractivity contribution >= 4 is 11.6 Å². The Morgan fingerprint density at radius 3 is 2.90 bits per heavy atom. The molecule has 0 saturated carbocycles. The Labute approximate surface area is 127 Å². The highest BCUT2D eigenvalue weighted by Crippen LogP contribution is 2.23. The second-order valence-corrected chi connectivity index (χ2v) is 5.63. The smallest absolute Gasteiger partial charge is 0.253 e. The molecule has 0 spiro atoms. The Morgan fingerprint density at radius 1 is 1.29 bits per heavy atom. The molecule has 0 aromatic heterocycles. The lowest BCUT2D eigenvalue weighted by Crippen LogP contribution is -2.34. The number of unbranched alkanes of at least 4 members (excludes halogenated alkanes) is 3. The molecule has 21 heavy (non-hydrogen) atoms. The van der Waals surface area contributed by atoms with Crippen molar-refractivity contribution < 1.29 is 9.90 Å². The van der Waals surface area contributed by atoms with Crippen LogP contribution in [0, 0.1) is 0 Å². The van der Waals surface area contributed by atoms with Gasteiger partial charge in [0.1, 0.15) is 0 Å². The molecular formula is C17H26N2O2. The number of carbonyl (C=O) groups excluding carboxylic acids is 1. The number of benzene rings is 1. The van der Waals surface area contributed by atoms with Crippen molar-refractivity contribution in [2.24, 2.45) is 0 Å². The molecule has 0 atom stereocenters. The van der Waals surface area contributed by atoms with Crippen LogP contribution in [0.3, 0.4) is 0 Å². The number of aliphatic hydroxyl groups excluding tert-OH is 1. The summed E-state index contributed by atoms with van der Waals surface area (Å²) in [5.74, 6) is 0.0373. The highest BCUT2D eigenvalue weighted by molar-refractivity contribution is 5.95. The summed E-state index contributed by atoms with van der Waals surface area (Å²) in [7, 11) is 0. The average Bonchev–Trinajstić information content (AvgIpc) is 2.97. The molecule has 1 aliphatic heterocycles. The third-order valence-electron chi connectivity index (χ3n) is 4.00. The van der Waals surface area contributed by atoms with Gasteiger partial charge in [-0.25, -0.2) is 0 Å². The standard InChI is InChI=1S/C17H26N2O2/c1-2-3-4-5-10-19(11-12-20)17(21)15-6-7-16-14(13-15)8-9-18-16/h6-7,13,18,20H,2-5,8-12H2,1H3. The van der Waals surface area contributed by atoms with E-state index in [-0.39, 0.29) is 12.5 Å². The van der Waals surface area contributed by atoms with Crippen LogP contribution in [0.25, 0.3) is 0 Å². The van der Waals surface area contributed by atoms with Crippen LogP contribution in [0.5, 0.6) is 0 Å². The second kappa shape index (κ2) is 8.03. The van der Waals surface area contributed by atoms with Crippen LogP contribution < -0.4 is 5.32 Å². The number of anilines is 1. The van der Waals surface area contributed by atoms with E-state index in [2.05, 4.69) is 12.2 Å². The number of aliphatic hydroxyl groups is 1. The molecule has 2 N–H and O–H groups in total. The Bertz CT molecular complexity index is 474. The SMILES string of the molecule is CCCCCCN(CCO)C(=O)c1ccc2c(c1)CCN2. The third-order valence-corrected chi connectivity index (χ3v) is 4.00. The summed E-state index contributed by atoms with van der Waals surface area (Å²) >= 11 is 0. The maximum atomic E-state index is 12.6. The fourth-order valence-corrected chi connectivity index (χ4v) is 2.79. The van der Waals surface area contributed by atoms with Gasteiger partial charge in [-0.05, 0) is 36.6 Å². The Morgan fingerprint density at radius 2 is 2.14 bits per heavy atom. The largest absolute Gasteiger partial charge is 0.395 e. The summed E-state index contributed by atoms with van der Waals surface area (Å²) in [6, 6.07) is 5.87. The van der Waals surface area contributed by atoms with Gasteiger partial charge in [0.05, 0.1) is 6.61 Å². The van der Waals surface area contributed by atoms with E-state index in [1.54, 1.807) is 4.90 Å². The lowest BCUT2D eigenvalue weighted by molar-refractivity contribution is 0.0718. The Balaban J connectivity index is 2.00. The van der Waals surface area contributed by atoms with E-state index in [9.17, 15) is 9.90 Å². The first-order chi connectivity index (χ1) is 10.3. The summed E-state index contributed by atoms with van der Waals surface area (Å²) in [4.78, 5) is 14.4. The summed E-state index contributed by atoms with van der Waals surface area (Å²) in [5.41, 5.74) is 3.10. The number of hydrogen-bond donors (Lipinski definition) is 2. The minimum absolute atomic E-state index is 0.0199. The normalized spacial score (nSPS) is 12.9. The summed E-state index contributed by atoms with van der Waals surface area (Å²) < 4.78 is 0. The fourth-order valence-electron chi connectivity index (χ4n) is 2.79. The average molecular weight is 290 g/mol. The summed E-state index contributed by atoms with van der Waals surface area (Å²) in [5, 5.41) is 12.5. The van der Waals surface area contributed by atoms with E-state index >= 15 is 0 Å². The van der Waals surface area contributed by atoms with E-state index in [0.29, 0.717) is 6.54 Å². The molecule has 0 aliphatic carbocycles. The third kappa shape index (κ3) is 4.21. The maximum absolute atomic E-state index is 12.6. The summed E-state index contributed by atoms with van der Waals surface area (Å²) in [6.07, 6.45) is 5.51. The molecule has 4 nitrogen and oxygen atoms in total. The van der Waals surface area contributed by atoms with E-state index in [4.69, 9.17) is 0 Å². The lowest BCUT2D eigenvalue weighted by atomic mass is 10.1. The molecule has 0 saturated heterocycles. The number of rotatable bonds is 8. The van der Waals surface area contributed by atoms with Crippen LogP contribution in [-0.4, -0.2) is 42.2 Å². The monoisotopic (exact) mass is 290 g/mol. The first-order valence-corrected chi connectivity index (χ1v) is 8.03. The van der Waals surface area contributed by atoms with Gasteiger partial charge < -0.3 is 15.3 Å². The van der Waals surface area contributed by atoms with Crippen molar-refractivity contribution in [1.82, 2.24) is 4.90 Å². The van der Waals surface area contributed by atoms with Gasteiger partial charge in [0.25, 0.3) is 5.91 Å². The molecule has 1 amide bonds. The van der Waals surface area contributed by atoms with Crippen LogP contribution in [0.4, 0.5) is 5.69 Å². The molecule has 0 radical (unpaired) electrons. The molecule has 0 fully saturated rings. The van der Waals surface area contributed by atoms with Crippen molar-refractivity contribution in [2.45, 2.75) is 39.0 Å². The van der Waals surface area contributed by atoms with Crippen LogP contribution in [-0.2, 0) is 6.42 Å². The zero-order valence-corrected chi connectivity index (χ0v) is 12.9. The molecular weight excluding hydrogens is 264 g/mol. The molecule has 1 heterocycles. The van der Waals surface area contributed by atoms with Gasteiger partial charge in [0.2, 0.25) is 0 Å². The van der Waals surface area contributed by atoms with Crippen LogP contribution >= 0.6 is 0 Å². The van der Waals surface area contributed by atoms with Crippen LogP contribution in [0.2, 0.25) is 0 Å². The van der Waals surface area contributed by atoms with E-state index < -0.39 is 0 Å². The molecule has 2 rings (SSSR count). The molecule has 0 bridgehead atoms. The second-order valence-electron chi connectivity index (χ2n) is 5.63. The van der Waals surface area contributed by atoms with Gasteiger partial charge in [0.15, 0.2) is 0 Å². The van der Waals surface area contributed by atoms with E-state index in [0.717, 1.165) is 43.6 Å². The number of fused-ring (bicyclic) bond motifs is 1. The number of nitrogens with one attached hydrogen (secondary N) is 1. The van der Waals surface area contributed by atoms with E-state index in [1.165, 1.54) is 18.4 Å². The fraction of sp³-hybridized carbons (Fsp3) is 0.588. The van der Waals surface area contributed by atoms with Crippen molar-refractivity contribution in [3.8, 4) is 0 Å². The zero-order valence-electron chi connectivity index (χ0n) is 12.9. The predicted octanol–water partition coefficient (Wildman–Crippen LogP) is 2.67. The highest BCUT2D eigenvalue weighted by Gasteiger charge is 2.18. The van der Waals surface area contributed by atoms with E-state index in [1.807, 2.05) is 18.2 Å². The van der Waals surface area contributed by atoms with Gasteiger partial charge >= 0.3 is 0 Å². The molecule has 0 unspecified atom stereocenters. The number of nitrogens with zero attached hydrogens (tertiary/aromatic N) is 1. The van der Waals surface area contributed by atoms with Crippen molar-refractivity contribution in [2.75, 3.05) is 31.6 Å². The van der Waals surface area contributed by atoms with Crippen LogP contribution in [0.15, 0.2) is 18.2 Å². The quantitative estimate of drug-likeness (QED) is 0.724. The molecule has 1 aliphatic rings. The predicted molar refractivity (Wildman–Crippen MR) is 85.8 cm³/mol. The van der Waals surface area contributed by atoms with Crippen LogP contribution in [0.1, 0.15) is 48.5 Å². The minimum Gasteiger partial charge on any atom is -0.395 e. The summed E-state index contributed by atoms with van der Waals surface area (Å²) in [6.45, 7) is 4.29. The Kier molecular flexibility index (Phi) is 6.05. The first-order valence-electron chi connectivity index (χ1n) is 8.03. The maximum Gasteiger partial charge on any atom is 0.253 e. The Hall–Kier alpha value is -1.55. The highest BCUT2D eigenvalue weighted by atomic mass is 16.3. The van der Waals surface area contributed by atoms with Gasteiger partial charge in [-0.1, -0.05) is 26.2 Å². The van der Waals surface area contributed by atoms with Crippen molar-refractivity contribution in [1.29, 1.82) is 0 Å². The minimum atomic E-state index is 0.0199. The number of carbonyl (C=O) groups is 1. The van der Waals surface area contributed by atoms with Gasteiger partial charge in [-0.15, -0.1) is 0 Å². The number of hydrogen-bond acceptors (Lipinski definition) is 3. The first kappa shape index (κ1) is 15.8.